The van der Waals surface area contributed by atoms with Crippen LogP contribution in [0.4, 0.5) is 0 Å². The molecule has 15 heavy (non-hydrogen) atoms. The van der Waals surface area contributed by atoms with E-state index in [2.05, 4.69) is 29.1 Å². The van der Waals surface area contributed by atoms with Crippen molar-refractivity contribution in [2.45, 2.75) is 25.8 Å². The maximum atomic E-state index is 3.44. The molecule has 0 aromatic carbocycles. The van der Waals surface area contributed by atoms with Gasteiger partial charge in [-0.15, -0.1) is 0 Å². The lowest BCUT2D eigenvalue weighted by molar-refractivity contribution is 0.0792. The Morgan fingerprint density at radius 2 is 1.93 bits per heavy atom. The number of piperazine rings is 1. The molecule has 0 aromatic rings. The van der Waals surface area contributed by atoms with Gasteiger partial charge in [-0.1, -0.05) is 0 Å². The van der Waals surface area contributed by atoms with E-state index in [1.807, 2.05) is 0 Å². The summed E-state index contributed by atoms with van der Waals surface area (Å²) < 4.78 is 0. The van der Waals surface area contributed by atoms with E-state index in [9.17, 15) is 0 Å². The number of hydrogen-bond donors (Lipinski definition) is 1. The molecule has 2 fully saturated rings. The van der Waals surface area contributed by atoms with Crippen molar-refractivity contribution in [2.24, 2.45) is 5.92 Å². The highest BCUT2D eigenvalue weighted by Crippen LogP contribution is 2.17. The van der Waals surface area contributed by atoms with E-state index in [1.54, 1.807) is 0 Å². The molecular formula is C12H25N3. The number of piperidine rings is 1. The van der Waals surface area contributed by atoms with Crippen molar-refractivity contribution in [2.75, 3.05) is 46.3 Å². The fourth-order valence-electron chi connectivity index (χ4n) is 2.84. The molecule has 2 aliphatic rings. The Morgan fingerprint density at radius 3 is 2.60 bits per heavy atom. The topological polar surface area (TPSA) is 18.5 Å². The zero-order valence-electron chi connectivity index (χ0n) is 10.2. The van der Waals surface area contributed by atoms with Crippen LogP contribution in [0.5, 0.6) is 0 Å². The van der Waals surface area contributed by atoms with Crippen LogP contribution in [-0.4, -0.2) is 62.2 Å². The van der Waals surface area contributed by atoms with Crippen LogP contribution in [0.25, 0.3) is 0 Å². The van der Waals surface area contributed by atoms with Crippen LogP contribution >= 0.6 is 0 Å². The maximum absolute atomic E-state index is 3.44. The van der Waals surface area contributed by atoms with Gasteiger partial charge in [0.15, 0.2) is 0 Å². The van der Waals surface area contributed by atoms with Gasteiger partial charge in [-0.05, 0) is 45.8 Å². The lowest BCUT2D eigenvalue weighted by Crippen LogP contribution is -2.52. The fraction of sp³-hybridized carbons (Fsp3) is 1.00. The average molecular weight is 211 g/mol. The fourth-order valence-corrected chi connectivity index (χ4v) is 2.84. The molecular weight excluding hydrogens is 186 g/mol. The van der Waals surface area contributed by atoms with Gasteiger partial charge in [0.1, 0.15) is 0 Å². The largest absolute Gasteiger partial charge is 0.317 e. The first-order valence-electron chi connectivity index (χ1n) is 6.39. The molecule has 0 radical (unpaired) electrons. The van der Waals surface area contributed by atoms with Gasteiger partial charge in [0.25, 0.3) is 0 Å². The summed E-state index contributed by atoms with van der Waals surface area (Å²) in [6.07, 6.45) is 2.75. The highest BCUT2D eigenvalue weighted by molar-refractivity contribution is 4.80. The number of hydrogen-bond acceptors (Lipinski definition) is 3. The molecule has 0 bridgehead atoms. The van der Waals surface area contributed by atoms with Crippen LogP contribution in [0.3, 0.4) is 0 Å². The quantitative estimate of drug-likeness (QED) is 0.722. The molecule has 2 heterocycles. The highest BCUT2D eigenvalue weighted by atomic mass is 15.3. The first-order chi connectivity index (χ1) is 7.25. The molecule has 0 unspecified atom stereocenters. The van der Waals surface area contributed by atoms with Crippen LogP contribution in [-0.2, 0) is 0 Å². The molecule has 2 rings (SSSR count). The minimum atomic E-state index is 0.749. The molecule has 2 saturated heterocycles. The molecule has 3 heteroatoms. The van der Waals surface area contributed by atoms with Gasteiger partial charge in [-0.2, -0.15) is 0 Å². The normalized spacial score (nSPS) is 32.0. The van der Waals surface area contributed by atoms with E-state index in [1.165, 1.54) is 52.1 Å². The molecule has 0 saturated carbocycles. The monoisotopic (exact) mass is 211 g/mol. The van der Waals surface area contributed by atoms with E-state index in [0.717, 1.165) is 12.0 Å². The van der Waals surface area contributed by atoms with Crippen molar-refractivity contribution in [3.63, 3.8) is 0 Å². The van der Waals surface area contributed by atoms with Gasteiger partial charge in [0.05, 0.1) is 0 Å². The molecule has 2 aliphatic heterocycles. The molecule has 0 spiro atoms. The molecule has 0 aliphatic carbocycles. The Hall–Kier alpha value is -0.120. The van der Waals surface area contributed by atoms with Gasteiger partial charge in [-0.25, -0.2) is 0 Å². The van der Waals surface area contributed by atoms with Gasteiger partial charge in [0, 0.05) is 32.2 Å². The Morgan fingerprint density at radius 1 is 1.20 bits per heavy atom. The Labute approximate surface area is 93.8 Å². The van der Waals surface area contributed by atoms with Crippen LogP contribution in [0.15, 0.2) is 0 Å². The molecule has 3 nitrogen and oxygen atoms in total. The van der Waals surface area contributed by atoms with E-state index >= 15 is 0 Å². The number of nitrogens with zero attached hydrogens (tertiary/aromatic N) is 2. The van der Waals surface area contributed by atoms with Crippen molar-refractivity contribution in [1.82, 2.24) is 15.1 Å². The van der Waals surface area contributed by atoms with Crippen LogP contribution in [0, 0.1) is 5.92 Å². The molecule has 1 atom stereocenters. The molecule has 0 amide bonds. The van der Waals surface area contributed by atoms with Crippen molar-refractivity contribution in [3.8, 4) is 0 Å². The third-order valence-corrected chi connectivity index (χ3v) is 3.92. The summed E-state index contributed by atoms with van der Waals surface area (Å²) in [5.41, 5.74) is 0. The first-order valence-corrected chi connectivity index (χ1v) is 6.39. The zero-order chi connectivity index (χ0) is 10.7. The summed E-state index contributed by atoms with van der Waals surface area (Å²) in [5.74, 6) is 0.942. The summed E-state index contributed by atoms with van der Waals surface area (Å²) in [6, 6.07) is 0.749. The summed E-state index contributed by atoms with van der Waals surface area (Å²) in [4.78, 5) is 5.14. The van der Waals surface area contributed by atoms with E-state index in [-0.39, 0.29) is 0 Å². The summed E-state index contributed by atoms with van der Waals surface area (Å²) in [6.45, 7) is 9.91. The molecule has 0 aromatic heterocycles. The van der Waals surface area contributed by atoms with Crippen molar-refractivity contribution in [3.05, 3.63) is 0 Å². The zero-order valence-corrected chi connectivity index (χ0v) is 10.2. The minimum absolute atomic E-state index is 0.749. The predicted molar refractivity (Wildman–Crippen MR) is 64.1 cm³/mol. The second-order valence-corrected chi connectivity index (χ2v) is 5.30. The van der Waals surface area contributed by atoms with Gasteiger partial charge in [-0.3, -0.25) is 4.90 Å². The summed E-state index contributed by atoms with van der Waals surface area (Å²) >= 11 is 0. The lowest BCUT2D eigenvalue weighted by Gasteiger charge is -2.40. The standard InChI is InChI=1S/C12H25N3/c1-11-9-14(2)7-8-15(11)10-12-3-5-13-6-4-12/h11-13H,3-10H2,1-2H3/t11-/m1/s1. The SMILES string of the molecule is C[C@@H]1CN(C)CCN1CC1CCNCC1. The average Bonchev–Trinajstić information content (AvgIpc) is 2.24. The van der Waals surface area contributed by atoms with Crippen molar-refractivity contribution >= 4 is 0 Å². The molecule has 88 valence electrons. The Bertz CT molecular complexity index is 189. The number of likely N-dealkylation sites (N-methyl/N-ethyl adjacent to an activating group) is 1. The summed E-state index contributed by atoms with van der Waals surface area (Å²) in [5, 5.41) is 3.44. The van der Waals surface area contributed by atoms with Gasteiger partial charge in [0.2, 0.25) is 0 Å². The minimum Gasteiger partial charge on any atom is -0.317 e. The smallest absolute Gasteiger partial charge is 0.0195 e. The second-order valence-electron chi connectivity index (χ2n) is 5.30. The lowest BCUT2D eigenvalue weighted by atomic mass is 9.96. The third-order valence-electron chi connectivity index (χ3n) is 3.92. The molecule has 1 N–H and O–H groups in total. The van der Waals surface area contributed by atoms with E-state index in [4.69, 9.17) is 0 Å². The Balaban J connectivity index is 1.77. The van der Waals surface area contributed by atoms with Crippen LogP contribution < -0.4 is 5.32 Å². The van der Waals surface area contributed by atoms with E-state index in [0.29, 0.717) is 0 Å². The summed E-state index contributed by atoms with van der Waals surface area (Å²) in [7, 11) is 2.23. The van der Waals surface area contributed by atoms with Gasteiger partial charge >= 0.3 is 0 Å². The predicted octanol–water partition coefficient (Wildman–Crippen LogP) is 0.622. The second kappa shape index (κ2) is 5.28. The number of nitrogens with one attached hydrogen (secondary N) is 1. The third kappa shape index (κ3) is 3.16. The first kappa shape index (κ1) is 11.4. The number of rotatable bonds is 2. The Kier molecular flexibility index (Phi) is 4.00. The van der Waals surface area contributed by atoms with Crippen LogP contribution in [0.1, 0.15) is 19.8 Å². The van der Waals surface area contributed by atoms with Gasteiger partial charge < -0.3 is 10.2 Å². The van der Waals surface area contributed by atoms with Crippen molar-refractivity contribution < 1.29 is 0 Å². The highest BCUT2D eigenvalue weighted by Gasteiger charge is 2.24. The van der Waals surface area contributed by atoms with Crippen LogP contribution in [0.2, 0.25) is 0 Å². The maximum Gasteiger partial charge on any atom is 0.0195 e. The van der Waals surface area contributed by atoms with Crippen molar-refractivity contribution in [1.29, 1.82) is 0 Å². The van der Waals surface area contributed by atoms with E-state index < -0.39 is 0 Å².